The van der Waals surface area contributed by atoms with Crippen LogP contribution in [-0.2, 0) is 13.0 Å². The van der Waals surface area contributed by atoms with E-state index in [-0.39, 0.29) is 5.91 Å². The average molecular weight is 478 g/mol. The van der Waals surface area contributed by atoms with Gasteiger partial charge in [0.15, 0.2) is 11.5 Å². The monoisotopic (exact) mass is 477 g/mol. The largest absolute Gasteiger partial charge is 0.493 e. The molecule has 0 spiro atoms. The van der Waals surface area contributed by atoms with E-state index in [2.05, 4.69) is 33.4 Å². The molecule has 1 atom stereocenters. The lowest BCUT2D eigenvalue weighted by Gasteiger charge is -2.45. The molecule has 0 aliphatic carbocycles. The number of nitrogens with zero attached hydrogens (tertiary/aromatic N) is 3. The van der Waals surface area contributed by atoms with Crippen LogP contribution >= 0.6 is 11.3 Å². The maximum atomic E-state index is 12.9. The number of hydrogen-bond acceptors (Lipinski definition) is 6. The van der Waals surface area contributed by atoms with E-state index in [9.17, 15) is 4.79 Å². The molecule has 1 amide bonds. The first kappa shape index (κ1) is 21.7. The van der Waals surface area contributed by atoms with Crippen LogP contribution in [0.3, 0.4) is 0 Å². The molecule has 3 aliphatic rings. The SMILES string of the molecule is COc1cc2c(cc1OC)C(=O)N(CCCCN1CCN3c4cccc5scc(c45)CC3C1)C2. The van der Waals surface area contributed by atoms with Gasteiger partial charge < -0.3 is 19.3 Å². The first-order valence-corrected chi connectivity index (χ1v) is 13.1. The normalized spacial score (nSPS) is 19.5. The van der Waals surface area contributed by atoms with E-state index in [0.717, 1.165) is 63.1 Å². The molecule has 3 aliphatic heterocycles. The molecule has 0 radical (unpaired) electrons. The third kappa shape index (κ3) is 3.62. The molecule has 0 bridgehead atoms. The zero-order valence-electron chi connectivity index (χ0n) is 19.9. The second-order valence-electron chi connectivity index (χ2n) is 9.56. The van der Waals surface area contributed by atoms with Crippen LogP contribution in [0.2, 0.25) is 0 Å². The summed E-state index contributed by atoms with van der Waals surface area (Å²) in [7, 11) is 3.24. The standard InChI is InChI=1S/C27H31N3O3S/c1-32-23-13-18-15-29(27(31)21(18)14-24(23)33-2)9-4-3-8-28-10-11-30-20(16-28)12-19-17-34-25-7-5-6-22(30)26(19)25/h5-7,13-14,17,20H,3-4,8-12,15-16H2,1-2H3. The zero-order valence-corrected chi connectivity index (χ0v) is 20.7. The van der Waals surface area contributed by atoms with Crippen LogP contribution in [0.5, 0.6) is 11.5 Å². The Morgan fingerprint density at radius 2 is 1.85 bits per heavy atom. The van der Waals surface area contributed by atoms with E-state index < -0.39 is 0 Å². The van der Waals surface area contributed by atoms with Crippen LogP contribution in [-0.4, -0.2) is 68.7 Å². The number of carbonyl (C=O) groups is 1. The third-order valence-corrected chi connectivity index (χ3v) is 8.62. The van der Waals surface area contributed by atoms with Crippen molar-refractivity contribution in [2.75, 3.05) is 51.8 Å². The van der Waals surface area contributed by atoms with Crippen LogP contribution in [0.4, 0.5) is 5.69 Å². The van der Waals surface area contributed by atoms with Gasteiger partial charge in [-0.25, -0.2) is 0 Å². The molecule has 0 N–H and O–H groups in total. The van der Waals surface area contributed by atoms with Gasteiger partial charge in [-0.15, -0.1) is 11.3 Å². The maximum Gasteiger partial charge on any atom is 0.254 e. The number of benzene rings is 2. The van der Waals surface area contributed by atoms with E-state index in [1.165, 1.54) is 21.3 Å². The minimum absolute atomic E-state index is 0.104. The highest BCUT2D eigenvalue weighted by Gasteiger charge is 2.33. The van der Waals surface area contributed by atoms with Gasteiger partial charge in [0.1, 0.15) is 0 Å². The summed E-state index contributed by atoms with van der Waals surface area (Å²) in [4.78, 5) is 20.1. The van der Waals surface area contributed by atoms with Gasteiger partial charge in [-0.05, 0) is 66.6 Å². The average Bonchev–Trinajstić information content (AvgIpc) is 3.42. The van der Waals surface area contributed by atoms with Gasteiger partial charge in [0.05, 0.1) is 14.2 Å². The molecular formula is C27H31N3O3S. The Morgan fingerprint density at radius 3 is 2.71 bits per heavy atom. The fraction of sp³-hybridized carbons (Fsp3) is 0.444. The molecule has 3 aromatic rings. The molecule has 1 fully saturated rings. The third-order valence-electron chi connectivity index (χ3n) is 7.63. The number of carbonyl (C=O) groups excluding carboxylic acids is 1. The van der Waals surface area contributed by atoms with Crippen LogP contribution < -0.4 is 14.4 Å². The molecule has 1 unspecified atom stereocenters. The summed E-state index contributed by atoms with van der Waals surface area (Å²) in [6.07, 6.45) is 3.28. The Morgan fingerprint density at radius 1 is 1.03 bits per heavy atom. The number of anilines is 1. The topological polar surface area (TPSA) is 45.3 Å². The van der Waals surface area contributed by atoms with Crippen LogP contribution in [0.1, 0.15) is 34.3 Å². The van der Waals surface area contributed by atoms with Crippen molar-refractivity contribution >= 4 is 33.0 Å². The van der Waals surface area contributed by atoms with Gasteiger partial charge in [-0.2, -0.15) is 0 Å². The van der Waals surface area contributed by atoms with Crippen molar-refractivity contribution in [3.63, 3.8) is 0 Å². The number of amides is 1. The number of hydrogen-bond donors (Lipinski definition) is 0. The number of methoxy groups -OCH3 is 2. The summed E-state index contributed by atoms with van der Waals surface area (Å²) in [5.74, 6) is 1.40. The van der Waals surface area contributed by atoms with Crippen molar-refractivity contribution in [2.24, 2.45) is 0 Å². The maximum absolute atomic E-state index is 12.9. The van der Waals surface area contributed by atoms with E-state index in [1.807, 2.05) is 28.4 Å². The lowest BCUT2D eigenvalue weighted by molar-refractivity contribution is 0.0773. The number of thiophene rings is 1. The highest BCUT2D eigenvalue weighted by molar-refractivity contribution is 7.17. The summed E-state index contributed by atoms with van der Waals surface area (Å²) in [6, 6.07) is 11.1. The van der Waals surface area contributed by atoms with Crippen molar-refractivity contribution in [2.45, 2.75) is 31.8 Å². The molecule has 4 heterocycles. The Balaban J connectivity index is 1.02. The Hall–Kier alpha value is -2.77. The van der Waals surface area contributed by atoms with E-state index >= 15 is 0 Å². The number of ether oxygens (including phenoxy) is 2. The number of rotatable bonds is 7. The summed E-state index contributed by atoms with van der Waals surface area (Å²) < 4.78 is 12.2. The minimum atomic E-state index is 0.104. The lowest BCUT2D eigenvalue weighted by atomic mass is 9.94. The lowest BCUT2D eigenvalue weighted by Crippen LogP contribution is -2.55. The summed E-state index contributed by atoms with van der Waals surface area (Å²) in [5, 5.41) is 3.85. The molecule has 34 heavy (non-hydrogen) atoms. The minimum Gasteiger partial charge on any atom is -0.493 e. The van der Waals surface area contributed by atoms with Gasteiger partial charge >= 0.3 is 0 Å². The second kappa shape index (κ2) is 8.78. The number of unbranched alkanes of at least 4 members (excludes halogenated alkanes) is 1. The second-order valence-corrected chi connectivity index (χ2v) is 10.5. The molecule has 0 saturated carbocycles. The predicted molar refractivity (Wildman–Crippen MR) is 137 cm³/mol. The van der Waals surface area contributed by atoms with Gasteiger partial charge in [-0.1, -0.05) is 6.07 Å². The van der Waals surface area contributed by atoms with E-state index in [0.29, 0.717) is 24.1 Å². The van der Waals surface area contributed by atoms with Crippen molar-refractivity contribution in [3.8, 4) is 11.5 Å². The number of piperazine rings is 1. The fourth-order valence-electron chi connectivity index (χ4n) is 5.91. The molecule has 1 saturated heterocycles. The fourth-order valence-corrected chi connectivity index (χ4v) is 6.90. The summed E-state index contributed by atoms with van der Waals surface area (Å²) >= 11 is 1.88. The van der Waals surface area contributed by atoms with Gasteiger partial charge in [0.2, 0.25) is 0 Å². The summed E-state index contributed by atoms with van der Waals surface area (Å²) in [5.41, 5.74) is 4.73. The highest BCUT2D eigenvalue weighted by atomic mass is 32.1. The van der Waals surface area contributed by atoms with Crippen molar-refractivity contribution in [1.82, 2.24) is 9.80 Å². The molecular weight excluding hydrogens is 446 g/mol. The van der Waals surface area contributed by atoms with Crippen molar-refractivity contribution < 1.29 is 14.3 Å². The Labute approximate surface area is 204 Å². The Kier molecular flexibility index (Phi) is 5.62. The van der Waals surface area contributed by atoms with E-state index in [4.69, 9.17) is 9.47 Å². The molecule has 1 aromatic heterocycles. The van der Waals surface area contributed by atoms with Gasteiger partial charge in [-0.3, -0.25) is 9.69 Å². The quantitative estimate of drug-likeness (QED) is 0.472. The van der Waals surface area contributed by atoms with Crippen molar-refractivity contribution in [1.29, 1.82) is 0 Å². The predicted octanol–water partition coefficient (Wildman–Crippen LogP) is 4.40. The van der Waals surface area contributed by atoms with Crippen molar-refractivity contribution in [3.05, 3.63) is 52.4 Å². The highest BCUT2D eigenvalue weighted by Crippen LogP contribution is 2.41. The van der Waals surface area contributed by atoms with Gasteiger partial charge in [0.25, 0.3) is 5.91 Å². The van der Waals surface area contributed by atoms with Gasteiger partial charge in [0, 0.05) is 60.1 Å². The molecule has 6 rings (SSSR count). The smallest absolute Gasteiger partial charge is 0.254 e. The zero-order chi connectivity index (χ0) is 23.2. The summed E-state index contributed by atoms with van der Waals surface area (Å²) in [6.45, 7) is 5.88. The first-order chi connectivity index (χ1) is 16.7. The molecule has 2 aromatic carbocycles. The molecule has 6 nitrogen and oxygen atoms in total. The van der Waals surface area contributed by atoms with Crippen LogP contribution in [0.15, 0.2) is 35.7 Å². The molecule has 178 valence electrons. The molecule has 7 heteroatoms. The van der Waals surface area contributed by atoms with Crippen LogP contribution in [0.25, 0.3) is 10.1 Å². The van der Waals surface area contributed by atoms with E-state index in [1.54, 1.807) is 14.2 Å². The Bertz CT molecular complexity index is 1240. The first-order valence-electron chi connectivity index (χ1n) is 12.2. The number of fused-ring (bicyclic) bond motifs is 3. The van der Waals surface area contributed by atoms with Crippen LogP contribution in [0, 0.1) is 0 Å².